The first-order valence-corrected chi connectivity index (χ1v) is 13.8. The fraction of sp³-hybridized carbons (Fsp3) is 0.500. The molecule has 2 amide bonds. The van der Waals surface area contributed by atoms with Crippen LogP contribution in [0.2, 0.25) is 0 Å². The lowest BCUT2D eigenvalue weighted by atomic mass is 9.76. The Labute approximate surface area is 237 Å². The SMILES string of the molecule is Cc1ccc(C[C@H](NC(=O)OCCc2cccc(CC(C)C(C#N)C(=O)N3[C@H](C)COC[C@H]3C)c2)B(O)O)cc1. The van der Waals surface area contributed by atoms with Crippen molar-refractivity contribution in [1.82, 2.24) is 10.2 Å². The molecule has 40 heavy (non-hydrogen) atoms. The zero-order valence-electron chi connectivity index (χ0n) is 23.7. The smallest absolute Gasteiger partial charge is 0.449 e. The number of alkyl carbamates (subject to hydrolysis) is 1. The molecule has 2 aromatic rings. The number of nitrogens with one attached hydrogen (secondary N) is 1. The zero-order chi connectivity index (χ0) is 29.2. The Bertz CT molecular complexity index is 1160. The van der Waals surface area contributed by atoms with Crippen molar-refractivity contribution in [2.45, 2.75) is 65.0 Å². The van der Waals surface area contributed by atoms with Gasteiger partial charge in [0.25, 0.3) is 0 Å². The van der Waals surface area contributed by atoms with Crippen molar-refractivity contribution in [2.24, 2.45) is 11.8 Å². The van der Waals surface area contributed by atoms with Gasteiger partial charge in [0.2, 0.25) is 5.91 Å². The van der Waals surface area contributed by atoms with E-state index in [9.17, 15) is 24.9 Å². The number of morpholine rings is 1. The molecular weight excluding hydrogens is 509 g/mol. The van der Waals surface area contributed by atoms with Crippen LogP contribution >= 0.6 is 0 Å². The monoisotopic (exact) mass is 549 g/mol. The molecule has 1 saturated heterocycles. The number of amides is 2. The third-order valence-corrected chi connectivity index (χ3v) is 7.31. The summed E-state index contributed by atoms with van der Waals surface area (Å²) in [4.78, 5) is 27.4. The van der Waals surface area contributed by atoms with E-state index in [0.717, 1.165) is 22.3 Å². The molecule has 1 heterocycles. The van der Waals surface area contributed by atoms with E-state index >= 15 is 0 Å². The molecule has 9 nitrogen and oxygen atoms in total. The summed E-state index contributed by atoms with van der Waals surface area (Å²) in [5.41, 5.74) is 3.90. The van der Waals surface area contributed by atoms with Gasteiger partial charge in [0.15, 0.2) is 0 Å². The molecule has 2 aromatic carbocycles. The molecule has 1 aliphatic heterocycles. The largest absolute Gasteiger partial charge is 0.475 e. The van der Waals surface area contributed by atoms with E-state index in [0.29, 0.717) is 26.1 Å². The summed E-state index contributed by atoms with van der Waals surface area (Å²) in [6.45, 7) is 8.81. The highest BCUT2D eigenvalue weighted by Gasteiger charge is 2.36. The highest BCUT2D eigenvalue weighted by Crippen LogP contribution is 2.24. The highest BCUT2D eigenvalue weighted by molar-refractivity contribution is 6.43. The van der Waals surface area contributed by atoms with Gasteiger partial charge in [-0.25, -0.2) is 4.79 Å². The summed E-state index contributed by atoms with van der Waals surface area (Å²) < 4.78 is 10.8. The molecule has 5 atom stereocenters. The maximum absolute atomic E-state index is 13.3. The third-order valence-electron chi connectivity index (χ3n) is 7.31. The van der Waals surface area contributed by atoms with Crippen LogP contribution in [-0.2, 0) is 33.5 Å². The van der Waals surface area contributed by atoms with E-state index in [1.165, 1.54) is 0 Å². The van der Waals surface area contributed by atoms with E-state index in [4.69, 9.17) is 9.47 Å². The molecule has 0 bridgehead atoms. The maximum Gasteiger partial charge on any atom is 0.475 e. The van der Waals surface area contributed by atoms with Crippen molar-refractivity contribution < 1.29 is 29.1 Å². The van der Waals surface area contributed by atoms with E-state index < -0.39 is 25.1 Å². The maximum atomic E-state index is 13.3. The predicted molar refractivity (Wildman–Crippen MR) is 152 cm³/mol. The predicted octanol–water partition coefficient (Wildman–Crippen LogP) is 2.84. The quantitative estimate of drug-likeness (QED) is 0.367. The van der Waals surface area contributed by atoms with E-state index in [1.54, 1.807) is 4.90 Å². The lowest BCUT2D eigenvalue weighted by molar-refractivity contribution is -0.148. The molecule has 3 rings (SSSR count). The number of rotatable bonds is 11. The average molecular weight is 549 g/mol. The number of hydrogen-bond acceptors (Lipinski definition) is 7. The molecule has 0 aromatic heterocycles. The Morgan fingerprint density at radius 1 is 1.10 bits per heavy atom. The summed E-state index contributed by atoms with van der Waals surface area (Å²) in [6, 6.07) is 17.5. The van der Waals surface area contributed by atoms with Crippen molar-refractivity contribution in [1.29, 1.82) is 5.26 Å². The van der Waals surface area contributed by atoms with Crippen LogP contribution < -0.4 is 5.32 Å². The molecule has 2 unspecified atom stereocenters. The minimum Gasteiger partial charge on any atom is -0.449 e. The summed E-state index contributed by atoms with van der Waals surface area (Å²) in [7, 11) is -1.73. The van der Waals surface area contributed by atoms with Crippen molar-refractivity contribution in [3.8, 4) is 6.07 Å². The molecule has 214 valence electrons. The van der Waals surface area contributed by atoms with Crippen LogP contribution in [-0.4, -0.2) is 71.9 Å². The number of ether oxygens (including phenoxy) is 2. The van der Waals surface area contributed by atoms with Gasteiger partial charge in [0, 0.05) is 6.42 Å². The number of aryl methyl sites for hydroxylation is 1. The van der Waals surface area contributed by atoms with Crippen molar-refractivity contribution in [2.75, 3.05) is 19.8 Å². The minimum absolute atomic E-state index is 0.0710. The first-order chi connectivity index (χ1) is 19.1. The van der Waals surface area contributed by atoms with Gasteiger partial charge in [-0.05, 0) is 56.2 Å². The minimum atomic E-state index is -1.73. The van der Waals surface area contributed by atoms with Crippen molar-refractivity contribution >= 4 is 19.1 Å². The van der Waals surface area contributed by atoms with Crippen LogP contribution in [0.15, 0.2) is 48.5 Å². The standard InChI is InChI=1S/C30H40BN3O6/c1-20-8-10-25(11-9-20)16-28(31(37)38)33-30(36)40-13-12-24-6-5-7-26(15-24)14-21(2)27(17-32)29(35)34-22(3)18-39-19-23(34)4/h5-11,15,21-23,27-28,37-38H,12-14,16,18-19H2,1-4H3,(H,33,36)/t21?,22-,23-,27?,28+/m1/s1. The zero-order valence-corrected chi connectivity index (χ0v) is 23.7. The van der Waals surface area contributed by atoms with E-state index in [2.05, 4.69) is 11.4 Å². The number of nitriles is 1. The van der Waals surface area contributed by atoms with Crippen LogP contribution in [0.1, 0.15) is 43.0 Å². The number of carbonyl (C=O) groups excluding carboxylic acids is 2. The van der Waals surface area contributed by atoms with Crippen LogP contribution in [0.4, 0.5) is 4.79 Å². The molecular formula is C30H40BN3O6. The van der Waals surface area contributed by atoms with Gasteiger partial charge in [-0.1, -0.05) is 61.0 Å². The van der Waals surface area contributed by atoms with Gasteiger partial charge in [-0.2, -0.15) is 5.26 Å². The number of benzene rings is 2. The number of nitrogens with zero attached hydrogens (tertiary/aromatic N) is 2. The van der Waals surface area contributed by atoms with Crippen LogP contribution in [0.25, 0.3) is 0 Å². The van der Waals surface area contributed by atoms with Gasteiger partial charge in [0.05, 0.1) is 43.9 Å². The molecule has 0 spiro atoms. The Kier molecular flexibility index (Phi) is 11.6. The second kappa shape index (κ2) is 14.8. The summed E-state index contributed by atoms with van der Waals surface area (Å²) in [5.74, 6) is -2.00. The molecule has 1 aliphatic rings. The topological polar surface area (TPSA) is 132 Å². The van der Waals surface area contributed by atoms with Crippen LogP contribution in [0.5, 0.6) is 0 Å². The van der Waals surface area contributed by atoms with Crippen LogP contribution in [0, 0.1) is 30.1 Å². The molecule has 10 heteroatoms. The molecule has 1 fully saturated rings. The summed E-state index contributed by atoms with van der Waals surface area (Å²) in [6.07, 6.45) is 0.546. The van der Waals surface area contributed by atoms with Gasteiger partial charge in [-0.3, -0.25) is 4.79 Å². The second-order valence-electron chi connectivity index (χ2n) is 10.8. The fourth-order valence-corrected chi connectivity index (χ4v) is 5.09. The normalized spacial score (nSPS) is 19.2. The highest BCUT2D eigenvalue weighted by atomic mass is 16.5. The Morgan fingerprint density at radius 2 is 1.75 bits per heavy atom. The fourth-order valence-electron chi connectivity index (χ4n) is 5.09. The van der Waals surface area contributed by atoms with E-state index in [1.807, 2.05) is 76.2 Å². The van der Waals surface area contributed by atoms with Gasteiger partial charge >= 0.3 is 13.2 Å². The molecule has 0 saturated carbocycles. The Morgan fingerprint density at radius 3 is 2.38 bits per heavy atom. The van der Waals surface area contributed by atoms with Crippen molar-refractivity contribution in [3.63, 3.8) is 0 Å². The number of hydrogen-bond donors (Lipinski definition) is 3. The molecule has 0 radical (unpaired) electrons. The Hall–Kier alpha value is -3.39. The van der Waals surface area contributed by atoms with Crippen LogP contribution in [0.3, 0.4) is 0 Å². The lowest BCUT2D eigenvalue weighted by Gasteiger charge is -2.40. The van der Waals surface area contributed by atoms with Gasteiger partial charge in [-0.15, -0.1) is 0 Å². The average Bonchev–Trinajstić information content (AvgIpc) is 2.90. The van der Waals surface area contributed by atoms with Gasteiger partial charge < -0.3 is 29.7 Å². The lowest BCUT2D eigenvalue weighted by Crippen LogP contribution is -2.54. The molecule has 0 aliphatic carbocycles. The Balaban J connectivity index is 1.51. The second-order valence-corrected chi connectivity index (χ2v) is 10.8. The summed E-state index contributed by atoms with van der Waals surface area (Å²) >= 11 is 0. The van der Waals surface area contributed by atoms with Gasteiger partial charge in [0.1, 0.15) is 5.92 Å². The first kappa shape index (κ1) is 31.1. The summed E-state index contributed by atoms with van der Waals surface area (Å²) in [5, 5.41) is 31.8. The molecule has 3 N–H and O–H groups in total. The van der Waals surface area contributed by atoms with E-state index in [-0.39, 0.29) is 36.9 Å². The first-order valence-electron chi connectivity index (χ1n) is 13.8. The number of carbonyl (C=O) groups is 2. The van der Waals surface area contributed by atoms with Crippen molar-refractivity contribution in [3.05, 3.63) is 70.8 Å². The third kappa shape index (κ3) is 8.81.